The molecular weight excluding hydrogens is 352 g/mol. The minimum Gasteiger partial charge on any atom is -0.459 e. The third-order valence-electron chi connectivity index (χ3n) is 6.14. The summed E-state index contributed by atoms with van der Waals surface area (Å²) in [5.74, 6) is 1.30. The molecule has 4 heteroatoms. The van der Waals surface area contributed by atoms with Gasteiger partial charge in [0.2, 0.25) is 0 Å². The van der Waals surface area contributed by atoms with Gasteiger partial charge in [-0.25, -0.2) is 4.79 Å². The number of rotatable bonds is 4. The van der Waals surface area contributed by atoms with E-state index < -0.39 is 0 Å². The summed E-state index contributed by atoms with van der Waals surface area (Å²) in [4.78, 5) is 24.8. The first-order chi connectivity index (χ1) is 13.7. The van der Waals surface area contributed by atoms with Gasteiger partial charge in [-0.1, -0.05) is 36.4 Å². The van der Waals surface area contributed by atoms with Gasteiger partial charge in [-0.15, -0.1) is 0 Å². The standard InChI is InChI=1S/C24H26O4/c25-23(17-7-3-1-4-8-17)28-22-14-13-18-15-20(12-11-19(18)16-22)24(26)27-21-9-5-2-6-10-21/h1-10,18-20,22H,11-16H2. The predicted molar refractivity (Wildman–Crippen MR) is 106 cm³/mol. The molecule has 0 N–H and O–H groups in total. The van der Waals surface area contributed by atoms with Gasteiger partial charge < -0.3 is 9.47 Å². The van der Waals surface area contributed by atoms with Gasteiger partial charge in [-0.05, 0) is 74.6 Å². The minimum atomic E-state index is -0.232. The van der Waals surface area contributed by atoms with Crippen molar-refractivity contribution in [3.8, 4) is 5.75 Å². The summed E-state index contributed by atoms with van der Waals surface area (Å²) in [5.41, 5.74) is 0.608. The SMILES string of the molecule is O=C(OC1CCC2CC(C(=O)Oc3ccccc3)CCC2C1)c1ccccc1. The van der Waals surface area contributed by atoms with Gasteiger partial charge in [0.15, 0.2) is 0 Å². The third-order valence-corrected chi connectivity index (χ3v) is 6.14. The van der Waals surface area contributed by atoms with Crippen LogP contribution in [0.3, 0.4) is 0 Å². The number of benzene rings is 2. The van der Waals surface area contributed by atoms with Crippen LogP contribution in [0.25, 0.3) is 0 Å². The molecule has 0 radical (unpaired) electrons. The van der Waals surface area contributed by atoms with E-state index in [1.54, 1.807) is 12.1 Å². The number of carbonyl (C=O) groups is 2. The zero-order valence-electron chi connectivity index (χ0n) is 16.0. The van der Waals surface area contributed by atoms with Gasteiger partial charge in [0.25, 0.3) is 0 Å². The maximum Gasteiger partial charge on any atom is 0.338 e. The Balaban J connectivity index is 1.28. The second-order valence-corrected chi connectivity index (χ2v) is 7.97. The molecule has 4 nitrogen and oxygen atoms in total. The fourth-order valence-electron chi connectivity index (χ4n) is 4.65. The van der Waals surface area contributed by atoms with E-state index in [9.17, 15) is 9.59 Å². The van der Waals surface area contributed by atoms with E-state index in [2.05, 4.69) is 0 Å². The Labute approximate surface area is 165 Å². The van der Waals surface area contributed by atoms with Crippen molar-refractivity contribution in [2.24, 2.45) is 17.8 Å². The summed E-state index contributed by atoms with van der Waals surface area (Å²) in [5, 5.41) is 0. The summed E-state index contributed by atoms with van der Waals surface area (Å²) >= 11 is 0. The lowest BCUT2D eigenvalue weighted by Gasteiger charge is -2.41. The monoisotopic (exact) mass is 378 g/mol. The fraction of sp³-hybridized carbons (Fsp3) is 0.417. The molecule has 0 heterocycles. The first kappa shape index (κ1) is 18.7. The highest BCUT2D eigenvalue weighted by atomic mass is 16.5. The fourth-order valence-corrected chi connectivity index (χ4v) is 4.65. The number of para-hydroxylation sites is 1. The number of fused-ring (bicyclic) bond motifs is 1. The predicted octanol–water partition coefficient (Wildman–Crippen LogP) is 5.03. The number of hydrogen-bond donors (Lipinski definition) is 0. The molecule has 4 atom stereocenters. The lowest BCUT2D eigenvalue weighted by Crippen LogP contribution is -2.37. The van der Waals surface area contributed by atoms with Gasteiger partial charge >= 0.3 is 11.9 Å². The smallest absolute Gasteiger partial charge is 0.338 e. The van der Waals surface area contributed by atoms with Crippen LogP contribution >= 0.6 is 0 Å². The molecule has 2 aliphatic rings. The highest BCUT2D eigenvalue weighted by Crippen LogP contribution is 2.44. The Morgan fingerprint density at radius 1 is 0.750 bits per heavy atom. The van der Waals surface area contributed by atoms with E-state index in [0.717, 1.165) is 38.5 Å². The maximum absolute atomic E-state index is 12.5. The molecule has 4 rings (SSSR count). The Kier molecular flexibility index (Phi) is 5.75. The Morgan fingerprint density at radius 3 is 2.14 bits per heavy atom. The van der Waals surface area contributed by atoms with Gasteiger partial charge in [-0.2, -0.15) is 0 Å². The Hall–Kier alpha value is -2.62. The van der Waals surface area contributed by atoms with Crippen molar-refractivity contribution in [2.75, 3.05) is 0 Å². The van der Waals surface area contributed by atoms with Crippen LogP contribution in [-0.2, 0) is 9.53 Å². The molecule has 0 amide bonds. The minimum absolute atomic E-state index is 0.0122. The van der Waals surface area contributed by atoms with Crippen molar-refractivity contribution < 1.29 is 19.1 Å². The third kappa shape index (κ3) is 4.44. The second kappa shape index (κ2) is 8.59. The lowest BCUT2D eigenvalue weighted by molar-refractivity contribution is -0.141. The van der Waals surface area contributed by atoms with Gasteiger partial charge in [0, 0.05) is 0 Å². The summed E-state index contributed by atoms with van der Waals surface area (Å²) < 4.78 is 11.3. The van der Waals surface area contributed by atoms with E-state index in [0.29, 0.717) is 23.1 Å². The number of esters is 2. The molecule has 2 aromatic carbocycles. The topological polar surface area (TPSA) is 52.6 Å². The molecule has 28 heavy (non-hydrogen) atoms. The van der Waals surface area contributed by atoms with E-state index in [4.69, 9.17) is 9.47 Å². The first-order valence-electron chi connectivity index (χ1n) is 10.2. The molecule has 4 unspecified atom stereocenters. The van der Waals surface area contributed by atoms with Crippen molar-refractivity contribution in [3.63, 3.8) is 0 Å². The van der Waals surface area contributed by atoms with Crippen LogP contribution in [0.5, 0.6) is 5.75 Å². The lowest BCUT2D eigenvalue weighted by atomic mass is 9.67. The largest absolute Gasteiger partial charge is 0.459 e. The maximum atomic E-state index is 12.5. The quantitative estimate of drug-likeness (QED) is 0.553. The number of ether oxygens (including phenoxy) is 2. The molecule has 146 valence electrons. The van der Waals surface area contributed by atoms with Crippen LogP contribution in [0.4, 0.5) is 0 Å². The van der Waals surface area contributed by atoms with Crippen molar-refractivity contribution in [1.82, 2.24) is 0 Å². The summed E-state index contributed by atoms with van der Waals surface area (Å²) in [6.07, 6.45) is 5.51. The van der Waals surface area contributed by atoms with Crippen molar-refractivity contribution in [1.29, 1.82) is 0 Å². The Bertz CT molecular complexity index is 802. The van der Waals surface area contributed by atoms with E-state index in [1.807, 2.05) is 48.5 Å². The average molecular weight is 378 g/mol. The summed E-state index contributed by atoms with van der Waals surface area (Å²) in [7, 11) is 0. The van der Waals surface area contributed by atoms with Crippen LogP contribution in [0.1, 0.15) is 48.9 Å². The van der Waals surface area contributed by atoms with Crippen LogP contribution in [-0.4, -0.2) is 18.0 Å². The molecular formula is C24H26O4. The van der Waals surface area contributed by atoms with E-state index in [-0.39, 0.29) is 24.0 Å². The molecule has 0 spiro atoms. The zero-order valence-corrected chi connectivity index (χ0v) is 16.0. The summed E-state index contributed by atoms with van der Waals surface area (Å²) in [6, 6.07) is 18.5. The molecule has 2 saturated carbocycles. The second-order valence-electron chi connectivity index (χ2n) is 7.97. The van der Waals surface area contributed by atoms with Gasteiger partial charge in [-0.3, -0.25) is 4.79 Å². The van der Waals surface area contributed by atoms with Crippen LogP contribution < -0.4 is 4.74 Å². The van der Waals surface area contributed by atoms with Gasteiger partial charge in [0.05, 0.1) is 11.5 Å². The highest BCUT2D eigenvalue weighted by molar-refractivity contribution is 5.89. The molecule has 2 aliphatic carbocycles. The Morgan fingerprint density at radius 2 is 1.39 bits per heavy atom. The van der Waals surface area contributed by atoms with Gasteiger partial charge in [0.1, 0.15) is 11.9 Å². The number of hydrogen-bond acceptors (Lipinski definition) is 4. The molecule has 2 fully saturated rings. The molecule has 0 aromatic heterocycles. The molecule has 2 aromatic rings. The van der Waals surface area contributed by atoms with Crippen molar-refractivity contribution in [2.45, 2.75) is 44.6 Å². The van der Waals surface area contributed by atoms with E-state index >= 15 is 0 Å². The highest BCUT2D eigenvalue weighted by Gasteiger charge is 2.39. The first-order valence-corrected chi connectivity index (χ1v) is 10.2. The normalized spacial score (nSPS) is 26.7. The molecule has 0 bridgehead atoms. The van der Waals surface area contributed by atoms with E-state index in [1.165, 1.54) is 0 Å². The summed E-state index contributed by atoms with van der Waals surface area (Å²) in [6.45, 7) is 0. The number of carbonyl (C=O) groups excluding carboxylic acids is 2. The van der Waals surface area contributed by atoms with Crippen molar-refractivity contribution >= 4 is 11.9 Å². The average Bonchev–Trinajstić information content (AvgIpc) is 2.74. The molecule has 0 aliphatic heterocycles. The van der Waals surface area contributed by atoms with Crippen LogP contribution in [0, 0.1) is 17.8 Å². The zero-order chi connectivity index (χ0) is 19.3. The van der Waals surface area contributed by atoms with Crippen LogP contribution in [0.15, 0.2) is 60.7 Å². The van der Waals surface area contributed by atoms with Crippen molar-refractivity contribution in [3.05, 3.63) is 66.2 Å². The molecule has 0 saturated heterocycles. The van der Waals surface area contributed by atoms with Crippen LogP contribution in [0.2, 0.25) is 0 Å².